The van der Waals surface area contributed by atoms with Gasteiger partial charge in [-0.3, -0.25) is 4.79 Å². The van der Waals surface area contributed by atoms with Gasteiger partial charge in [0.1, 0.15) is 0 Å². The molecule has 116 valence electrons. The molecule has 3 rings (SSSR count). The molecule has 2 aromatic heterocycles. The molecule has 0 aliphatic carbocycles. The Morgan fingerprint density at radius 3 is 2.52 bits per heavy atom. The third-order valence-corrected chi connectivity index (χ3v) is 3.47. The summed E-state index contributed by atoms with van der Waals surface area (Å²) in [6.45, 7) is 3.73. The number of hydrogen-bond acceptors (Lipinski definition) is 5. The van der Waals surface area contributed by atoms with Gasteiger partial charge in [0.2, 0.25) is 0 Å². The highest BCUT2D eigenvalue weighted by Crippen LogP contribution is 2.23. The van der Waals surface area contributed by atoms with E-state index in [2.05, 4.69) is 20.4 Å². The quantitative estimate of drug-likeness (QED) is 0.772. The van der Waals surface area contributed by atoms with Crippen molar-refractivity contribution in [1.29, 1.82) is 0 Å². The highest BCUT2D eigenvalue weighted by Gasteiger charge is 2.18. The van der Waals surface area contributed by atoms with Gasteiger partial charge in [0, 0.05) is 12.4 Å². The summed E-state index contributed by atoms with van der Waals surface area (Å²) in [5, 5.41) is 7.31. The van der Waals surface area contributed by atoms with E-state index in [9.17, 15) is 4.79 Å². The lowest BCUT2D eigenvalue weighted by Crippen LogP contribution is -2.17. The number of nitrogen functional groups attached to an aromatic ring is 1. The van der Waals surface area contributed by atoms with E-state index >= 15 is 0 Å². The van der Waals surface area contributed by atoms with Crippen LogP contribution < -0.4 is 11.1 Å². The second-order valence-corrected chi connectivity index (χ2v) is 5.04. The van der Waals surface area contributed by atoms with E-state index in [0.717, 1.165) is 11.4 Å². The standard InChI is InChI=1S/C16H16N6O/c1-10-13(20-16(23)14-15(17)19-9-8-18-14)11(2)22(21-10)12-6-4-3-5-7-12/h3-9H,1-2H3,(H2,17,19)(H,20,23). The first-order valence-corrected chi connectivity index (χ1v) is 7.07. The number of nitrogens with zero attached hydrogens (tertiary/aromatic N) is 4. The Morgan fingerprint density at radius 2 is 1.83 bits per heavy atom. The van der Waals surface area contributed by atoms with Gasteiger partial charge in [-0.1, -0.05) is 18.2 Å². The predicted octanol–water partition coefficient (Wildman–Crippen LogP) is 2.11. The van der Waals surface area contributed by atoms with Crippen LogP contribution in [0.5, 0.6) is 0 Å². The van der Waals surface area contributed by atoms with Gasteiger partial charge in [-0.2, -0.15) is 5.10 Å². The lowest BCUT2D eigenvalue weighted by atomic mass is 10.2. The van der Waals surface area contributed by atoms with Crippen molar-refractivity contribution in [2.75, 3.05) is 11.1 Å². The second-order valence-electron chi connectivity index (χ2n) is 5.04. The molecule has 2 heterocycles. The first-order chi connectivity index (χ1) is 11.1. The fourth-order valence-corrected chi connectivity index (χ4v) is 2.34. The average molecular weight is 308 g/mol. The molecule has 0 unspecified atom stereocenters. The molecule has 23 heavy (non-hydrogen) atoms. The van der Waals surface area contributed by atoms with Gasteiger partial charge in [0.15, 0.2) is 11.5 Å². The van der Waals surface area contributed by atoms with E-state index in [4.69, 9.17) is 5.73 Å². The first-order valence-electron chi connectivity index (χ1n) is 7.07. The van der Waals surface area contributed by atoms with Crippen molar-refractivity contribution in [3.63, 3.8) is 0 Å². The Morgan fingerprint density at radius 1 is 1.13 bits per heavy atom. The van der Waals surface area contributed by atoms with Gasteiger partial charge in [-0.25, -0.2) is 14.6 Å². The van der Waals surface area contributed by atoms with Crippen LogP contribution in [0.2, 0.25) is 0 Å². The summed E-state index contributed by atoms with van der Waals surface area (Å²) >= 11 is 0. The Hall–Kier alpha value is -3.22. The number of carbonyl (C=O) groups is 1. The molecule has 0 bridgehead atoms. The van der Waals surface area contributed by atoms with Crippen molar-refractivity contribution in [1.82, 2.24) is 19.7 Å². The van der Waals surface area contributed by atoms with E-state index in [1.807, 2.05) is 44.2 Å². The van der Waals surface area contributed by atoms with E-state index in [0.29, 0.717) is 11.4 Å². The fourth-order valence-electron chi connectivity index (χ4n) is 2.34. The van der Waals surface area contributed by atoms with Crippen LogP contribution in [0.4, 0.5) is 11.5 Å². The fraction of sp³-hybridized carbons (Fsp3) is 0.125. The number of rotatable bonds is 3. The van der Waals surface area contributed by atoms with Crippen LogP contribution in [0.25, 0.3) is 5.69 Å². The van der Waals surface area contributed by atoms with Gasteiger partial charge in [-0.15, -0.1) is 0 Å². The van der Waals surface area contributed by atoms with Crippen molar-refractivity contribution < 1.29 is 4.79 Å². The van der Waals surface area contributed by atoms with Gasteiger partial charge >= 0.3 is 0 Å². The molecule has 0 spiro atoms. The molecule has 1 amide bonds. The zero-order valence-corrected chi connectivity index (χ0v) is 12.8. The van der Waals surface area contributed by atoms with Gasteiger partial charge < -0.3 is 11.1 Å². The number of carbonyl (C=O) groups excluding carboxylic acids is 1. The number of aromatic nitrogens is 4. The van der Waals surface area contributed by atoms with Crippen LogP contribution in [-0.4, -0.2) is 25.7 Å². The molecule has 3 aromatic rings. The van der Waals surface area contributed by atoms with Crippen LogP contribution in [-0.2, 0) is 0 Å². The second kappa shape index (κ2) is 5.88. The van der Waals surface area contributed by atoms with Crippen molar-refractivity contribution >= 4 is 17.4 Å². The number of aryl methyl sites for hydroxylation is 1. The lowest BCUT2D eigenvalue weighted by molar-refractivity contribution is 0.102. The maximum Gasteiger partial charge on any atom is 0.278 e. The first kappa shape index (κ1) is 14.7. The number of nitrogens with one attached hydrogen (secondary N) is 1. The molecule has 0 saturated carbocycles. The third-order valence-electron chi connectivity index (χ3n) is 3.47. The summed E-state index contributed by atoms with van der Waals surface area (Å²) in [6, 6.07) is 9.71. The van der Waals surface area contributed by atoms with Crippen LogP contribution in [0.3, 0.4) is 0 Å². The summed E-state index contributed by atoms with van der Waals surface area (Å²) in [6.07, 6.45) is 2.87. The number of amides is 1. The summed E-state index contributed by atoms with van der Waals surface area (Å²) in [5.41, 5.74) is 8.89. The van der Waals surface area contributed by atoms with Crippen LogP contribution in [0.15, 0.2) is 42.7 Å². The molecule has 7 heteroatoms. The van der Waals surface area contributed by atoms with Crippen LogP contribution in [0, 0.1) is 13.8 Å². The van der Waals surface area contributed by atoms with Gasteiger partial charge in [0.25, 0.3) is 5.91 Å². The highest BCUT2D eigenvalue weighted by atomic mass is 16.1. The minimum absolute atomic E-state index is 0.0933. The van der Waals surface area contributed by atoms with Crippen LogP contribution >= 0.6 is 0 Å². The van der Waals surface area contributed by atoms with E-state index in [1.54, 1.807) is 4.68 Å². The molecule has 3 N–H and O–H groups in total. The largest absolute Gasteiger partial charge is 0.382 e. The molecule has 7 nitrogen and oxygen atoms in total. The zero-order valence-electron chi connectivity index (χ0n) is 12.8. The SMILES string of the molecule is Cc1nn(-c2ccccc2)c(C)c1NC(=O)c1nccnc1N. The smallest absolute Gasteiger partial charge is 0.278 e. The number of para-hydroxylation sites is 1. The number of hydrogen-bond donors (Lipinski definition) is 2. The highest BCUT2D eigenvalue weighted by molar-refractivity contribution is 6.06. The van der Waals surface area contributed by atoms with E-state index in [1.165, 1.54) is 12.4 Å². The molecule has 0 fully saturated rings. The Kier molecular flexibility index (Phi) is 3.76. The maximum absolute atomic E-state index is 12.4. The monoisotopic (exact) mass is 308 g/mol. The summed E-state index contributed by atoms with van der Waals surface area (Å²) in [4.78, 5) is 20.2. The maximum atomic E-state index is 12.4. The average Bonchev–Trinajstić information content (AvgIpc) is 2.84. The van der Waals surface area contributed by atoms with Gasteiger partial charge in [-0.05, 0) is 26.0 Å². The van der Waals surface area contributed by atoms with Crippen molar-refractivity contribution in [3.05, 3.63) is 59.8 Å². The minimum Gasteiger partial charge on any atom is -0.382 e. The Balaban J connectivity index is 1.94. The predicted molar refractivity (Wildman–Crippen MR) is 87.4 cm³/mol. The molecule has 1 aromatic carbocycles. The molecular weight excluding hydrogens is 292 g/mol. The molecular formula is C16H16N6O. The minimum atomic E-state index is -0.408. The Labute approximate surface area is 133 Å². The summed E-state index contributed by atoms with van der Waals surface area (Å²) in [7, 11) is 0. The van der Waals surface area contributed by atoms with Gasteiger partial charge in [0.05, 0.1) is 22.8 Å². The summed E-state index contributed by atoms with van der Waals surface area (Å²) in [5.74, 6) is -0.315. The Bertz CT molecular complexity index is 856. The topological polar surface area (TPSA) is 98.7 Å². The molecule has 0 radical (unpaired) electrons. The number of benzene rings is 1. The van der Waals surface area contributed by atoms with E-state index < -0.39 is 5.91 Å². The molecule has 0 aliphatic heterocycles. The summed E-state index contributed by atoms with van der Waals surface area (Å²) < 4.78 is 1.78. The zero-order chi connectivity index (χ0) is 16.4. The molecule has 0 atom stereocenters. The number of nitrogens with two attached hydrogens (primary N) is 1. The van der Waals surface area contributed by atoms with Crippen molar-refractivity contribution in [2.24, 2.45) is 0 Å². The van der Waals surface area contributed by atoms with Crippen LogP contribution in [0.1, 0.15) is 21.9 Å². The van der Waals surface area contributed by atoms with E-state index in [-0.39, 0.29) is 11.5 Å². The normalized spacial score (nSPS) is 10.5. The number of anilines is 2. The molecule has 0 saturated heterocycles. The third kappa shape index (κ3) is 2.76. The lowest BCUT2D eigenvalue weighted by Gasteiger charge is -2.07. The van der Waals surface area contributed by atoms with Crippen molar-refractivity contribution in [3.8, 4) is 5.69 Å². The van der Waals surface area contributed by atoms with Crippen molar-refractivity contribution in [2.45, 2.75) is 13.8 Å². The molecule has 0 aliphatic rings.